The second-order valence-corrected chi connectivity index (χ2v) is 16.1. The predicted octanol–water partition coefficient (Wildman–Crippen LogP) is 13.8. The van der Waals surface area contributed by atoms with Crippen molar-refractivity contribution in [2.45, 2.75) is 19.3 Å². The van der Waals surface area contributed by atoms with Crippen LogP contribution in [0.15, 0.2) is 186 Å². The van der Waals surface area contributed by atoms with E-state index in [1.54, 1.807) is 0 Å². The maximum Gasteiger partial charge on any atom is 0.164 e. The average molecular weight is 757 g/mol. The second-order valence-electron chi connectivity index (χ2n) is 16.1. The zero-order valence-electron chi connectivity index (χ0n) is 32.5. The zero-order chi connectivity index (χ0) is 39.2. The fraction of sp³-hybridized carbons (Fsp3) is 0.0556. The van der Waals surface area contributed by atoms with Crippen molar-refractivity contribution < 1.29 is 4.42 Å². The summed E-state index contributed by atoms with van der Waals surface area (Å²) >= 11 is 0. The molecule has 0 amide bonds. The molecule has 1 aliphatic rings. The minimum absolute atomic E-state index is 0.140. The van der Waals surface area contributed by atoms with Gasteiger partial charge in [0, 0.05) is 49.3 Å². The van der Waals surface area contributed by atoms with Crippen molar-refractivity contribution in [3.8, 4) is 62.1 Å². The molecule has 0 saturated carbocycles. The lowest BCUT2D eigenvalue weighted by Crippen LogP contribution is -2.15. The Morgan fingerprint density at radius 3 is 1.83 bits per heavy atom. The van der Waals surface area contributed by atoms with Gasteiger partial charge in [-0.15, -0.1) is 0 Å². The molecule has 12 rings (SSSR count). The van der Waals surface area contributed by atoms with Gasteiger partial charge in [0.2, 0.25) is 0 Å². The molecule has 1 aliphatic carbocycles. The molecule has 0 radical (unpaired) electrons. The topological polar surface area (TPSA) is 56.7 Å². The number of nitrogens with zero attached hydrogens (tertiary/aromatic N) is 4. The maximum atomic E-state index is 6.32. The average Bonchev–Trinajstić information content (AvgIpc) is 3.91. The third kappa shape index (κ3) is 5.21. The van der Waals surface area contributed by atoms with E-state index in [9.17, 15) is 0 Å². The Kier molecular flexibility index (Phi) is 7.20. The van der Waals surface area contributed by atoms with E-state index < -0.39 is 0 Å². The summed E-state index contributed by atoms with van der Waals surface area (Å²) in [6.07, 6.45) is 0. The van der Waals surface area contributed by atoms with Crippen molar-refractivity contribution in [3.05, 3.63) is 193 Å². The smallest absolute Gasteiger partial charge is 0.164 e. The number of furan rings is 1. The highest BCUT2D eigenvalue weighted by Crippen LogP contribution is 2.51. The van der Waals surface area contributed by atoms with Crippen LogP contribution in [0.4, 0.5) is 0 Å². The molecule has 5 heteroatoms. The lowest BCUT2D eigenvalue weighted by atomic mass is 9.82. The number of rotatable bonds is 5. The summed E-state index contributed by atoms with van der Waals surface area (Å²) in [4.78, 5) is 15.6. The Bertz CT molecular complexity index is 3470. The Labute approximate surface area is 340 Å². The van der Waals surface area contributed by atoms with E-state index in [2.05, 4.69) is 146 Å². The number of fused-ring (bicyclic) bond motifs is 9. The first-order chi connectivity index (χ1) is 29.0. The number of para-hydroxylation sites is 2. The van der Waals surface area contributed by atoms with Crippen molar-refractivity contribution in [3.63, 3.8) is 0 Å². The monoisotopic (exact) mass is 756 g/mol. The summed E-state index contributed by atoms with van der Waals surface area (Å²) in [6.45, 7) is 4.69. The summed E-state index contributed by atoms with van der Waals surface area (Å²) in [6, 6.07) is 64.3. The minimum atomic E-state index is -0.140. The third-order valence-corrected chi connectivity index (χ3v) is 12.2. The molecule has 0 spiro atoms. The Morgan fingerprint density at radius 1 is 0.390 bits per heavy atom. The summed E-state index contributed by atoms with van der Waals surface area (Å²) < 4.78 is 8.75. The fourth-order valence-electron chi connectivity index (χ4n) is 9.32. The fourth-order valence-corrected chi connectivity index (χ4v) is 9.32. The van der Waals surface area contributed by atoms with Gasteiger partial charge >= 0.3 is 0 Å². The molecule has 0 unspecified atom stereocenters. The van der Waals surface area contributed by atoms with Crippen LogP contribution < -0.4 is 0 Å². The number of hydrogen-bond donors (Lipinski definition) is 0. The molecule has 278 valence electrons. The zero-order valence-corrected chi connectivity index (χ0v) is 32.5. The van der Waals surface area contributed by atoms with Gasteiger partial charge in [-0.25, -0.2) is 15.0 Å². The summed E-state index contributed by atoms with van der Waals surface area (Å²) in [5.74, 6) is 1.78. The van der Waals surface area contributed by atoms with Crippen LogP contribution in [-0.2, 0) is 5.41 Å². The summed E-state index contributed by atoms with van der Waals surface area (Å²) in [5, 5.41) is 4.59. The molecule has 8 aromatic carbocycles. The molecule has 3 heterocycles. The van der Waals surface area contributed by atoms with Crippen molar-refractivity contribution in [1.29, 1.82) is 0 Å². The van der Waals surface area contributed by atoms with Crippen molar-refractivity contribution in [2.24, 2.45) is 0 Å². The van der Waals surface area contributed by atoms with Crippen LogP contribution in [0.5, 0.6) is 0 Å². The molecule has 0 saturated heterocycles. The van der Waals surface area contributed by atoms with Crippen LogP contribution in [0.25, 0.3) is 106 Å². The molecule has 0 bridgehead atoms. The van der Waals surface area contributed by atoms with Gasteiger partial charge in [0.15, 0.2) is 17.5 Å². The number of hydrogen-bond acceptors (Lipinski definition) is 4. The van der Waals surface area contributed by atoms with Crippen LogP contribution in [0.1, 0.15) is 25.0 Å². The largest absolute Gasteiger partial charge is 0.456 e. The van der Waals surface area contributed by atoms with E-state index >= 15 is 0 Å². The number of aromatic nitrogens is 4. The van der Waals surface area contributed by atoms with Crippen molar-refractivity contribution in [1.82, 2.24) is 19.5 Å². The van der Waals surface area contributed by atoms with E-state index in [1.807, 2.05) is 54.6 Å². The predicted molar refractivity (Wildman–Crippen MR) is 241 cm³/mol. The Morgan fingerprint density at radius 2 is 1.02 bits per heavy atom. The first-order valence-electron chi connectivity index (χ1n) is 20.1. The summed E-state index contributed by atoms with van der Waals surface area (Å²) in [5.41, 5.74) is 15.1. The normalized spacial score (nSPS) is 13.1. The van der Waals surface area contributed by atoms with E-state index in [-0.39, 0.29) is 5.41 Å². The lowest BCUT2D eigenvalue weighted by molar-refractivity contribution is 0.661. The molecule has 0 aliphatic heterocycles. The highest BCUT2D eigenvalue weighted by molar-refractivity contribution is 6.12. The standard InChI is InChI=1S/C54H36N4O/c1-54(2)45-22-12-9-19-39(45)43-31-44-40-20-10-13-23-47(40)58(48(44)32-46(43)54)38-28-36(33-15-5-3-6-16-33)27-37(29-38)53-56-51(34-17-7-4-8-18-34)55-52(57-53)35-25-26-42-41-21-11-14-24-49(41)59-50(42)30-35/h3-32H,1-2H3. The molecule has 0 fully saturated rings. The van der Waals surface area contributed by atoms with E-state index in [0.717, 1.165) is 61.0 Å². The van der Waals surface area contributed by atoms with E-state index in [4.69, 9.17) is 19.4 Å². The molecular weight excluding hydrogens is 721 g/mol. The van der Waals surface area contributed by atoms with Gasteiger partial charge in [0.25, 0.3) is 0 Å². The molecule has 59 heavy (non-hydrogen) atoms. The van der Waals surface area contributed by atoms with Gasteiger partial charge < -0.3 is 8.98 Å². The van der Waals surface area contributed by atoms with Gasteiger partial charge in [0.05, 0.1) is 11.0 Å². The van der Waals surface area contributed by atoms with Crippen molar-refractivity contribution >= 4 is 43.7 Å². The first-order valence-corrected chi connectivity index (χ1v) is 20.1. The molecule has 0 N–H and O–H groups in total. The lowest BCUT2D eigenvalue weighted by Gasteiger charge is -2.22. The second kappa shape index (κ2) is 12.7. The highest BCUT2D eigenvalue weighted by Gasteiger charge is 2.36. The SMILES string of the molecule is CC1(C)c2ccccc2-c2cc3c4ccccc4n(-c4cc(-c5ccccc5)cc(-c5nc(-c6ccccc6)nc(-c6ccc7c(c6)oc6ccccc67)n5)c4)c3cc21. The molecule has 3 aromatic heterocycles. The van der Waals surface area contributed by atoms with Crippen molar-refractivity contribution in [2.75, 3.05) is 0 Å². The van der Waals surface area contributed by atoms with Gasteiger partial charge in [-0.1, -0.05) is 141 Å². The molecule has 0 atom stereocenters. The van der Waals surface area contributed by atoms with Crippen LogP contribution in [0.2, 0.25) is 0 Å². The van der Waals surface area contributed by atoms with Gasteiger partial charge in [-0.05, 0) is 88.0 Å². The molecule has 5 nitrogen and oxygen atoms in total. The Balaban J connectivity index is 1.11. The van der Waals surface area contributed by atoms with Crippen LogP contribution in [0, 0.1) is 0 Å². The van der Waals surface area contributed by atoms with Crippen LogP contribution in [-0.4, -0.2) is 19.5 Å². The highest BCUT2D eigenvalue weighted by atomic mass is 16.3. The van der Waals surface area contributed by atoms with Gasteiger partial charge in [-0.3, -0.25) is 0 Å². The first kappa shape index (κ1) is 33.5. The number of benzene rings is 8. The van der Waals surface area contributed by atoms with Gasteiger partial charge in [-0.2, -0.15) is 0 Å². The van der Waals surface area contributed by atoms with Crippen LogP contribution >= 0.6 is 0 Å². The minimum Gasteiger partial charge on any atom is -0.456 e. The molecule has 11 aromatic rings. The summed E-state index contributed by atoms with van der Waals surface area (Å²) in [7, 11) is 0. The quantitative estimate of drug-likeness (QED) is 0.175. The van der Waals surface area contributed by atoms with E-state index in [0.29, 0.717) is 17.5 Å². The van der Waals surface area contributed by atoms with E-state index in [1.165, 1.54) is 38.5 Å². The van der Waals surface area contributed by atoms with Crippen LogP contribution in [0.3, 0.4) is 0 Å². The molecular formula is C54H36N4O. The Hall–Kier alpha value is -7.63. The maximum absolute atomic E-state index is 6.32. The third-order valence-electron chi connectivity index (χ3n) is 12.2. The van der Waals surface area contributed by atoms with Gasteiger partial charge in [0.1, 0.15) is 11.2 Å².